The highest BCUT2D eigenvalue weighted by atomic mass is 16.1. The maximum absolute atomic E-state index is 12.0. The molecule has 0 bridgehead atoms. The monoisotopic (exact) mass is 356 g/mol. The summed E-state index contributed by atoms with van der Waals surface area (Å²) in [6, 6.07) is 2.15. The minimum Gasteiger partial charge on any atom is -0.350 e. The number of aromatic nitrogens is 4. The van der Waals surface area contributed by atoms with Gasteiger partial charge in [-0.3, -0.25) is 19.1 Å². The molecule has 0 radical (unpaired) electrons. The summed E-state index contributed by atoms with van der Waals surface area (Å²) in [5, 5.41) is 12.1. The van der Waals surface area contributed by atoms with Gasteiger partial charge >= 0.3 is 0 Å². The Kier molecular flexibility index (Phi) is 4.80. The Morgan fingerprint density at radius 2 is 2.15 bits per heavy atom. The van der Waals surface area contributed by atoms with E-state index < -0.39 is 0 Å². The molecular weight excluding hydrogens is 328 g/mol. The van der Waals surface area contributed by atoms with Crippen LogP contribution in [0.25, 0.3) is 0 Å². The van der Waals surface area contributed by atoms with Crippen molar-refractivity contribution in [1.29, 1.82) is 0 Å². The average molecular weight is 356 g/mol. The number of aryl methyl sites for hydroxylation is 2. The van der Waals surface area contributed by atoms with Crippen LogP contribution < -0.4 is 5.32 Å². The SMILES string of the molecule is Cc1c(CN2CCCn3nc(CNC(=O)C4CCC4)cc3C2)cnn1C. The van der Waals surface area contributed by atoms with E-state index in [-0.39, 0.29) is 11.8 Å². The van der Waals surface area contributed by atoms with Gasteiger partial charge in [0.1, 0.15) is 0 Å². The summed E-state index contributed by atoms with van der Waals surface area (Å²) in [5.74, 6) is 0.418. The summed E-state index contributed by atoms with van der Waals surface area (Å²) in [6.07, 6.45) is 6.31. The summed E-state index contributed by atoms with van der Waals surface area (Å²) < 4.78 is 4.04. The number of hydrogen-bond donors (Lipinski definition) is 1. The molecule has 1 amide bonds. The lowest BCUT2D eigenvalue weighted by atomic mass is 9.85. The quantitative estimate of drug-likeness (QED) is 0.886. The minimum absolute atomic E-state index is 0.188. The number of rotatable bonds is 5. The number of nitrogens with one attached hydrogen (secondary N) is 1. The van der Waals surface area contributed by atoms with Gasteiger partial charge in [-0.25, -0.2) is 0 Å². The fourth-order valence-corrected chi connectivity index (χ4v) is 3.74. The Morgan fingerprint density at radius 3 is 2.85 bits per heavy atom. The molecule has 7 heteroatoms. The molecule has 2 aliphatic rings. The Bertz CT molecular complexity index is 788. The van der Waals surface area contributed by atoms with Crippen LogP contribution >= 0.6 is 0 Å². The number of carbonyl (C=O) groups excluding carboxylic acids is 1. The molecule has 2 aromatic heterocycles. The highest BCUT2D eigenvalue weighted by Crippen LogP contribution is 2.26. The third kappa shape index (κ3) is 3.53. The van der Waals surface area contributed by atoms with Gasteiger partial charge in [-0.15, -0.1) is 0 Å². The van der Waals surface area contributed by atoms with E-state index >= 15 is 0 Å². The molecule has 1 N–H and O–H groups in total. The zero-order chi connectivity index (χ0) is 18.1. The third-order valence-electron chi connectivity index (χ3n) is 5.79. The van der Waals surface area contributed by atoms with Crippen LogP contribution in [0.5, 0.6) is 0 Å². The van der Waals surface area contributed by atoms with Gasteiger partial charge in [0.25, 0.3) is 0 Å². The van der Waals surface area contributed by atoms with E-state index in [4.69, 9.17) is 5.10 Å². The van der Waals surface area contributed by atoms with Gasteiger partial charge in [-0.1, -0.05) is 6.42 Å². The predicted octanol–water partition coefficient (Wildman–Crippen LogP) is 1.75. The zero-order valence-corrected chi connectivity index (χ0v) is 15.7. The maximum atomic E-state index is 12.0. The molecule has 26 heavy (non-hydrogen) atoms. The van der Waals surface area contributed by atoms with Crippen molar-refractivity contribution >= 4 is 5.91 Å². The molecule has 0 saturated heterocycles. The van der Waals surface area contributed by atoms with Crippen LogP contribution in [0.2, 0.25) is 0 Å². The third-order valence-corrected chi connectivity index (χ3v) is 5.79. The van der Waals surface area contributed by atoms with Gasteiger partial charge in [-0.05, 0) is 32.3 Å². The molecule has 3 heterocycles. The Morgan fingerprint density at radius 1 is 1.31 bits per heavy atom. The molecule has 1 aliphatic carbocycles. The first-order valence-electron chi connectivity index (χ1n) is 9.63. The number of fused-ring (bicyclic) bond motifs is 1. The molecule has 1 saturated carbocycles. The van der Waals surface area contributed by atoms with Crippen LogP contribution in [-0.2, 0) is 38.0 Å². The molecule has 7 nitrogen and oxygen atoms in total. The highest BCUT2D eigenvalue weighted by Gasteiger charge is 2.25. The number of nitrogens with zero attached hydrogens (tertiary/aromatic N) is 5. The number of carbonyl (C=O) groups is 1. The second-order valence-electron chi connectivity index (χ2n) is 7.64. The number of amides is 1. The van der Waals surface area contributed by atoms with Gasteiger partial charge < -0.3 is 5.32 Å². The summed E-state index contributed by atoms with van der Waals surface area (Å²) in [5.41, 5.74) is 4.71. The van der Waals surface area contributed by atoms with Gasteiger partial charge in [0.05, 0.1) is 24.1 Å². The maximum Gasteiger partial charge on any atom is 0.223 e. The lowest BCUT2D eigenvalue weighted by Gasteiger charge is -2.23. The van der Waals surface area contributed by atoms with Crippen molar-refractivity contribution in [1.82, 2.24) is 29.8 Å². The van der Waals surface area contributed by atoms with E-state index in [1.54, 1.807) is 0 Å². The van der Waals surface area contributed by atoms with Crippen molar-refractivity contribution < 1.29 is 4.79 Å². The topological polar surface area (TPSA) is 68.0 Å². The predicted molar refractivity (Wildman–Crippen MR) is 98.1 cm³/mol. The minimum atomic E-state index is 0.188. The summed E-state index contributed by atoms with van der Waals surface area (Å²) in [7, 11) is 1.99. The van der Waals surface area contributed by atoms with Crippen molar-refractivity contribution in [3.8, 4) is 0 Å². The second-order valence-corrected chi connectivity index (χ2v) is 7.64. The van der Waals surface area contributed by atoms with Gasteiger partial charge in [-0.2, -0.15) is 10.2 Å². The van der Waals surface area contributed by atoms with Crippen molar-refractivity contribution in [2.75, 3.05) is 6.54 Å². The van der Waals surface area contributed by atoms with Crippen LogP contribution in [0.4, 0.5) is 0 Å². The van der Waals surface area contributed by atoms with Crippen molar-refractivity contribution in [3.63, 3.8) is 0 Å². The fraction of sp³-hybridized carbons (Fsp3) is 0.632. The van der Waals surface area contributed by atoms with Crippen LogP contribution in [0.1, 0.15) is 48.3 Å². The standard InChI is InChI=1S/C19H28N6O/c1-14-16(10-21-23(14)2)12-24-7-4-8-25-18(13-24)9-17(22-25)11-20-19(26)15-5-3-6-15/h9-10,15H,3-8,11-13H2,1-2H3,(H,20,26). The molecular formula is C19H28N6O. The molecule has 0 unspecified atom stereocenters. The van der Waals surface area contributed by atoms with Crippen LogP contribution in [0.3, 0.4) is 0 Å². The van der Waals surface area contributed by atoms with E-state index in [1.807, 2.05) is 17.9 Å². The summed E-state index contributed by atoms with van der Waals surface area (Å²) in [4.78, 5) is 14.5. The van der Waals surface area contributed by atoms with Crippen LogP contribution in [0, 0.1) is 12.8 Å². The Hall–Kier alpha value is -2.15. The molecule has 0 atom stereocenters. The first kappa shape index (κ1) is 17.3. The van der Waals surface area contributed by atoms with E-state index in [1.165, 1.54) is 23.4 Å². The van der Waals surface area contributed by atoms with Crippen molar-refractivity contribution in [2.45, 2.75) is 58.8 Å². The average Bonchev–Trinajstić information content (AvgIpc) is 3.03. The summed E-state index contributed by atoms with van der Waals surface area (Å²) in [6.45, 7) is 6.46. The first-order chi connectivity index (χ1) is 12.6. The molecule has 0 aromatic carbocycles. The lowest BCUT2D eigenvalue weighted by molar-refractivity contribution is -0.127. The lowest BCUT2D eigenvalue weighted by Crippen LogP contribution is -2.34. The fourth-order valence-electron chi connectivity index (χ4n) is 3.74. The summed E-state index contributed by atoms with van der Waals surface area (Å²) >= 11 is 0. The largest absolute Gasteiger partial charge is 0.350 e. The zero-order valence-electron chi connectivity index (χ0n) is 15.7. The van der Waals surface area contributed by atoms with Crippen molar-refractivity contribution in [3.05, 3.63) is 34.9 Å². The highest BCUT2D eigenvalue weighted by molar-refractivity contribution is 5.79. The van der Waals surface area contributed by atoms with E-state index in [2.05, 4.69) is 33.0 Å². The molecule has 4 rings (SSSR count). The van der Waals surface area contributed by atoms with Crippen LogP contribution in [-0.4, -0.2) is 36.9 Å². The van der Waals surface area contributed by atoms with E-state index in [9.17, 15) is 4.79 Å². The number of hydrogen-bond acceptors (Lipinski definition) is 4. The molecule has 1 aliphatic heterocycles. The molecule has 140 valence electrons. The Labute approximate surface area is 154 Å². The van der Waals surface area contributed by atoms with E-state index in [0.717, 1.165) is 51.1 Å². The molecule has 2 aromatic rings. The first-order valence-corrected chi connectivity index (χ1v) is 9.63. The van der Waals surface area contributed by atoms with E-state index in [0.29, 0.717) is 6.54 Å². The van der Waals surface area contributed by atoms with Crippen LogP contribution in [0.15, 0.2) is 12.3 Å². The smallest absolute Gasteiger partial charge is 0.223 e. The molecule has 1 fully saturated rings. The Balaban J connectivity index is 1.39. The van der Waals surface area contributed by atoms with Gasteiger partial charge in [0, 0.05) is 50.4 Å². The van der Waals surface area contributed by atoms with Gasteiger partial charge in [0.15, 0.2) is 0 Å². The van der Waals surface area contributed by atoms with Gasteiger partial charge in [0.2, 0.25) is 5.91 Å². The normalized spacial score (nSPS) is 18.2. The molecule has 0 spiro atoms. The van der Waals surface area contributed by atoms with Crippen molar-refractivity contribution in [2.24, 2.45) is 13.0 Å². The second kappa shape index (κ2) is 7.23.